The van der Waals surface area contributed by atoms with Gasteiger partial charge in [-0.1, -0.05) is 74.4 Å². The molecule has 1 aromatic heterocycles. The van der Waals surface area contributed by atoms with Crippen LogP contribution in [0.2, 0.25) is 0 Å². The zero-order valence-electron chi connectivity index (χ0n) is 15.5. The number of aromatic nitrogens is 2. The molecule has 0 fully saturated rings. The molecule has 0 unspecified atom stereocenters. The van der Waals surface area contributed by atoms with Crippen LogP contribution in [-0.2, 0) is 0 Å². The molecule has 1 heterocycles. The molecule has 0 saturated carbocycles. The topological polar surface area (TPSA) is 25.8 Å². The summed E-state index contributed by atoms with van der Waals surface area (Å²) in [7, 11) is 0. The van der Waals surface area contributed by atoms with E-state index >= 15 is 0 Å². The number of hydrogen-bond acceptors (Lipinski definition) is 2. The maximum Gasteiger partial charge on any atom is 0.0995 e. The molecule has 0 N–H and O–H groups in total. The first-order chi connectivity index (χ1) is 13.1. The van der Waals surface area contributed by atoms with Crippen LogP contribution < -0.4 is 10.4 Å². The van der Waals surface area contributed by atoms with Crippen LogP contribution in [0.25, 0.3) is 47.3 Å². The highest BCUT2D eigenvalue weighted by Crippen LogP contribution is 2.20. The Morgan fingerprint density at radius 2 is 1.63 bits per heavy atom. The standard InChI is InChI=1S/C25H22N2/c1-5-9-21-12-13-24(16-20(21)6-2)25-19(4)15-23-11-8-7-10-22(23)14-18(3)17-26-27-25/h5-17H,2-4H2,1H3/b9-5-,22-14?,23-15?,26-17?,27-25?. The van der Waals surface area contributed by atoms with Gasteiger partial charge in [0.15, 0.2) is 0 Å². The summed E-state index contributed by atoms with van der Waals surface area (Å²) in [4.78, 5) is 0. The second-order valence-electron chi connectivity index (χ2n) is 6.26. The van der Waals surface area contributed by atoms with Crippen LogP contribution in [0, 0.1) is 0 Å². The molecule has 132 valence electrons. The Bertz CT molecular complexity index is 1190. The Morgan fingerprint density at radius 1 is 0.889 bits per heavy atom. The summed E-state index contributed by atoms with van der Waals surface area (Å²) in [6.45, 7) is 14.2. The fourth-order valence-electron chi connectivity index (χ4n) is 2.97. The van der Waals surface area contributed by atoms with E-state index in [4.69, 9.17) is 0 Å². The number of fused-ring (bicyclic) bond motifs is 1. The SMILES string of the molecule is C=Cc1cc(-c2nncc(=C)cc3ccccc3cc2=C)ccc1/C=C\C. The zero-order valence-corrected chi connectivity index (χ0v) is 15.5. The van der Waals surface area contributed by atoms with Crippen molar-refractivity contribution in [2.24, 2.45) is 0 Å². The van der Waals surface area contributed by atoms with E-state index < -0.39 is 0 Å². The molecule has 2 nitrogen and oxygen atoms in total. The first kappa shape index (κ1) is 18.3. The van der Waals surface area contributed by atoms with Crippen molar-refractivity contribution in [3.8, 4) is 11.3 Å². The molecule has 27 heavy (non-hydrogen) atoms. The third kappa shape index (κ3) is 4.18. The highest BCUT2D eigenvalue weighted by molar-refractivity contribution is 5.82. The number of rotatable bonds is 3. The Labute approximate surface area is 159 Å². The fraction of sp³-hybridized carbons (Fsp3) is 0.0400. The van der Waals surface area contributed by atoms with Crippen molar-refractivity contribution in [3.63, 3.8) is 0 Å². The van der Waals surface area contributed by atoms with E-state index in [1.807, 2.05) is 49.4 Å². The van der Waals surface area contributed by atoms with Gasteiger partial charge < -0.3 is 0 Å². The van der Waals surface area contributed by atoms with Gasteiger partial charge in [-0.25, -0.2) is 0 Å². The summed E-state index contributed by atoms with van der Waals surface area (Å²) < 4.78 is 0. The average molecular weight is 350 g/mol. The molecule has 2 heteroatoms. The van der Waals surface area contributed by atoms with Gasteiger partial charge in [0, 0.05) is 5.56 Å². The van der Waals surface area contributed by atoms with Crippen molar-refractivity contribution in [1.29, 1.82) is 0 Å². The lowest BCUT2D eigenvalue weighted by Gasteiger charge is -2.05. The Balaban J connectivity index is 2.34. The lowest BCUT2D eigenvalue weighted by molar-refractivity contribution is 1.04. The van der Waals surface area contributed by atoms with Gasteiger partial charge in [-0.2, -0.15) is 5.10 Å². The van der Waals surface area contributed by atoms with Crippen LogP contribution in [0.1, 0.15) is 18.1 Å². The minimum atomic E-state index is 0.728. The lowest BCUT2D eigenvalue weighted by Crippen LogP contribution is -2.05. The monoisotopic (exact) mass is 350 g/mol. The van der Waals surface area contributed by atoms with E-state index in [0.717, 1.165) is 43.6 Å². The molecule has 0 radical (unpaired) electrons. The highest BCUT2D eigenvalue weighted by Gasteiger charge is 2.04. The van der Waals surface area contributed by atoms with E-state index in [1.54, 1.807) is 6.20 Å². The van der Waals surface area contributed by atoms with Gasteiger partial charge in [-0.3, -0.25) is 0 Å². The van der Waals surface area contributed by atoms with E-state index in [1.165, 1.54) is 0 Å². The third-order valence-electron chi connectivity index (χ3n) is 4.28. The van der Waals surface area contributed by atoms with Crippen molar-refractivity contribution in [2.75, 3.05) is 0 Å². The largest absolute Gasteiger partial charge is 0.158 e. The van der Waals surface area contributed by atoms with Crippen LogP contribution in [0.15, 0.2) is 73.4 Å². The Hall–Kier alpha value is -3.52. The summed E-state index contributed by atoms with van der Waals surface area (Å²) in [5, 5.41) is 12.4. The Kier molecular flexibility index (Phi) is 5.58. The maximum absolute atomic E-state index is 4.43. The van der Waals surface area contributed by atoms with E-state index in [-0.39, 0.29) is 0 Å². The molecule has 0 spiro atoms. The van der Waals surface area contributed by atoms with E-state index in [9.17, 15) is 0 Å². The van der Waals surface area contributed by atoms with Crippen LogP contribution in [0.3, 0.4) is 0 Å². The highest BCUT2D eigenvalue weighted by atomic mass is 15.1. The molecular formula is C25H22N2. The van der Waals surface area contributed by atoms with Gasteiger partial charge in [-0.05, 0) is 57.5 Å². The van der Waals surface area contributed by atoms with Crippen molar-refractivity contribution in [1.82, 2.24) is 10.2 Å². The third-order valence-corrected chi connectivity index (χ3v) is 4.28. The second-order valence-corrected chi connectivity index (χ2v) is 6.26. The van der Waals surface area contributed by atoms with Crippen molar-refractivity contribution in [2.45, 2.75) is 6.92 Å². The van der Waals surface area contributed by atoms with Crippen molar-refractivity contribution in [3.05, 3.63) is 95.0 Å². The maximum atomic E-state index is 4.43. The summed E-state index contributed by atoms with van der Waals surface area (Å²) in [6.07, 6.45) is 7.59. The quantitative estimate of drug-likeness (QED) is 0.670. The number of allylic oxidation sites excluding steroid dienone is 1. The summed E-state index contributed by atoms with van der Waals surface area (Å²) >= 11 is 0. The predicted octanol–water partition coefficient (Wildman–Crippen LogP) is 4.92. The van der Waals surface area contributed by atoms with Crippen molar-refractivity contribution < 1.29 is 0 Å². The zero-order chi connectivity index (χ0) is 19.2. The van der Waals surface area contributed by atoms with Crippen LogP contribution in [0.5, 0.6) is 0 Å². The number of hydrogen-bond donors (Lipinski definition) is 0. The minimum Gasteiger partial charge on any atom is -0.158 e. The molecule has 0 aliphatic rings. The van der Waals surface area contributed by atoms with Crippen LogP contribution >= 0.6 is 0 Å². The fourth-order valence-corrected chi connectivity index (χ4v) is 2.97. The summed E-state index contributed by atoms with van der Waals surface area (Å²) in [6, 6.07) is 18.3. The first-order valence-electron chi connectivity index (χ1n) is 8.79. The van der Waals surface area contributed by atoms with Crippen LogP contribution in [-0.4, -0.2) is 10.2 Å². The second kappa shape index (κ2) is 8.24. The molecule has 3 aromatic rings. The number of benzene rings is 2. The molecule has 0 aliphatic carbocycles. The molecule has 2 aromatic carbocycles. The van der Waals surface area contributed by atoms with Crippen LogP contribution in [0.4, 0.5) is 0 Å². The van der Waals surface area contributed by atoms with Gasteiger partial charge in [0.2, 0.25) is 0 Å². The summed E-state index contributed by atoms with van der Waals surface area (Å²) in [5.41, 5.74) is 3.83. The Morgan fingerprint density at radius 3 is 2.33 bits per heavy atom. The minimum absolute atomic E-state index is 0.728. The molecule has 3 rings (SSSR count). The number of nitrogens with zero attached hydrogens (tertiary/aromatic N) is 2. The lowest BCUT2D eigenvalue weighted by atomic mass is 10.0. The predicted molar refractivity (Wildman–Crippen MR) is 118 cm³/mol. The molecule has 0 amide bonds. The van der Waals surface area contributed by atoms with Gasteiger partial charge in [0.1, 0.15) is 0 Å². The summed E-state index contributed by atoms with van der Waals surface area (Å²) in [5.74, 6) is 0. The smallest absolute Gasteiger partial charge is 0.0995 e. The van der Waals surface area contributed by atoms with Gasteiger partial charge in [0.25, 0.3) is 0 Å². The molecule has 0 saturated heterocycles. The molecule has 0 bridgehead atoms. The van der Waals surface area contributed by atoms with E-state index in [2.05, 4.69) is 60.3 Å². The molecule has 0 aliphatic heterocycles. The van der Waals surface area contributed by atoms with Gasteiger partial charge in [-0.15, -0.1) is 5.10 Å². The molecular weight excluding hydrogens is 328 g/mol. The van der Waals surface area contributed by atoms with Gasteiger partial charge >= 0.3 is 0 Å². The van der Waals surface area contributed by atoms with Gasteiger partial charge in [0.05, 0.1) is 11.9 Å². The van der Waals surface area contributed by atoms with E-state index in [0.29, 0.717) is 0 Å². The first-order valence-corrected chi connectivity index (χ1v) is 8.79. The van der Waals surface area contributed by atoms with Crippen molar-refractivity contribution >= 4 is 36.1 Å². The molecule has 0 atom stereocenters. The average Bonchev–Trinajstić information content (AvgIpc) is 2.67. The normalized spacial score (nSPS) is 10.7.